The van der Waals surface area contributed by atoms with Crippen molar-refractivity contribution in [1.82, 2.24) is 0 Å². The monoisotopic (exact) mass is 248 g/mol. The van der Waals surface area contributed by atoms with Crippen molar-refractivity contribution in [2.45, 2.75) is 44.8 Å². The van der Waals surface area contributed by atoms with Crippen LogP contribution in [-0.2, 0) is 11.3 Å². The Bertz CT molecular complexity index is 359. The highest BCUT2D eigenvalue weighted by Gasteiger charge is 2.32. The predicted molar refractivity (Wildman–Crippen MR) is 75.8 cm³/mol. The van der Waals surface area contributed by atoms with E-state index in [1.165, 1.54) is 24.1 Å². The van der Waals surface area contributed by atoms with Gasteiger partial charge in [0.2, 0.25) is 0 Å². The van der Waals surface area contributed by atoms with Crippen LogP contribution < -0.4 is 10.6 Å². The van der Waals surface area contributed by atoms with Crippen molar-refractivity contribution in [3.05, 3.63) is 29.8 Å². The fourth-order valence-electron chi connectivity index (χ4n) is 2.41. The van der Waals surface area contributed by atoms with Crippen LogP contribution >= 0.6 is 0 Å². The summed E-state index contributed by atoms with van der Waals surface area (Å²) in [4.78, 5) is 2.54. The van der Waals surface area contributed by atoms with E-state index in [0.717, 1.165) is 19.1 Å². The second-order valence-electron chi connectivity index (χ2n) is 5.14. The molecule has 1 aliphatic carbocycles. The molecule has 0 spiro atoms. The van der Waals surface area contributed by atoms with E-state index in [-0.39, 0.29) is 0 Å². The summed E-state index contributed by atoms with van der Waals surface area (Å²) in [7, 11) is 1.77. The molecule has 0 heterocycles. The smallest absolute Gasteiger partial charge is 0.0481 e. The van der Waals surface area contributed by atoms with Gasteiger partial charge in [0.05, 0.1) is 0 Å². The number of ether oxygens (including phenoxy) is 1. The van der Waals surface area contributed by atoms with Gasteiger partial charge in [0.25, 0.3) is 0 Å². The molecular formula is C15H24N2O. The van der Waals surface area contributed by atoms with Crippen LogP contribution in [0.25, 0.3) is 0 Å². The molecule has 1 fully saturated rings. The highest BCUT2D eigenvalue weighted by Crippen LogP contribution is 2.34. The minimum absolute atomic E-state index is 0.529. The molecule has 0 aromatic heterocycles. The molecule has 0 bridgehead atoms. The summed E-state index contributed by atoms with van der Waals surface area (Å²) in [5.74, 6) is 0. The molecule has 0 aliphatic heterocycles. The van der Waals surface area contributed by atoms with Crippen molar-refractivity contribution >= 4 is 5.69 Å². The van der Waals surface area contributed by atoms with E-state index in [1.807, 2.05) is 0 Å². The Hall–Kier alpha value is -1.06. The lowest BCUT2D eigenvalue weighted by Gasteiger charge is -2.31. The van der Waals surface area contributed by atoms with Crippen LogP contribution in [0, 0.1) is 0 Å². The minimum Gasteiger partial charge on any atom is -0.385 e. The number of nitrogens with zero attached hydrogens (tertiary/aromatic N) is 1. The van der Waals surface area contributed by atoms with Crippen molar-refractivity contribution in [3.63, 3.8) is 0 Å². The Morgan fingerprint density at radius 2 is 2.00 bits per heavy atom. The maximum absolute atomic E-state index is 5.64. The second-order valence-corrected chi connectivity index (χ2v) is 5.14. The van der Waals surface area contributed by atoms with Gasteiger partial charge in [-0.15, -0.1) is 0 Å². The fraction of sp³-hybridized carbons (Fsp3) is 0.600. The lowest BCUT2D eigenvalue weighted by atomic mass is 10.1. The van der Waals surface area contributed by atoms with E-state index < -0.39 is 0 Å². The summed E-state index contributed by atoms with van der Waals surface area (Å²) in [6, 6.07) is 9.91. The van der Waals surface area contributed by atoms with Gasteiger partial charge in [-0.25, -0.2) is 0 Å². The molecule has 1 atom stereocenters. The molecular weight excluding hydrogens is 224 g/mol. The first kappa shape index (κ1) is 13.4. The average molecular weight is 248 g/mol. The Balaban J connectivity index is 2.08. The van der Waals surface area contributed by atoms with Gasteiger partial charge in [-0.3, -0.25) is 0 Å². The second kappa shape index (κ2) is 6.21. The van der Waals surface area contributed by atoms with Crippen LogP contribution in [0.1, 0.15) is 31.7 Å². The van der Waals surface area contributed by atoms with E-state index in [1.54, 1.807) is 7.11 Å². The van der Waals surface area contributed by atoms with E-state index >= 15 is 0 Å². The molecule has 1 unspecified atom stereocenters. The van der Waals surface area contributed by atoms with Gasteiger partial charge in [-0.2, -0.15) is 0 Å². The quantitative estimate of drug-likeness (QED) is 0.806. The van der Waals surface area contributed by atoms with Crippen molar-refractivity contribution in [2.24, 2.45) is 5.73 Å². The van der Waals surface area contributed by atoms with Gasteiger partial charge in [0.1, 0.15) is 0 Å². The zero-order chi connectivity index (χ0) is 13.0. The zero-order valence-corrected chi connectivity index (χ0v) is 11.4. The first-order valence-corrected chi connectivity index (χ1v) is 6.82. The standard InChI is InChI=1S/C15H24N2O/c1-12(9-10-18-2)17(15-7-8-15)14-5-3-13(11-16)4-6-14/h3-6,12,15H,7-11,16H2,1-2H3. The highest BCUT2D eigenvalue weighted by atomic mass is 16.5. The molecule has 3 nitrogen and oxygen atoms in total. The van der Waals surface area contributed by atoms with Crippen LogP contribution in [-0.4, -0.2) is 25.8 Å². The highest BCUT2D eigenvalue weighted by molar-refractivity contribution is 5.50. The van der Waals surface area contributed by atoms with Crippen LogP contribution in [0.5, 0.6) is 0 Å². The van der Waals surface area contributed by atoms with Crippen LogP contribution in [0.3, 0.4) is 0 Å². The Kier molecular flexibility index (Phi) is 4.61. The number of hydrogen-bond donors (Lipinski definition) is 1. The topological polar surface area (TPSA) is 38.5 Å². The summed E-state index contributed by atoms with van der Waals surface area (Å²) in [5.41, 5.74) is 8.15. The van der Waals surface area contributed by atoms with E-state index in [0.29, 0.717) is 12.6 Å². The molecule has 2 N–H and O–H groups in total. The first-order chi connectivity index (χ1) is 8.76. The molecule has 100 valence electrons. The molecule has 1 aromatic rings. The molecule has 0 amide bonds. The van der Waals surface area contributed by atoms with Gasteiger partial charge in [-0.1, -0.05) is 12.1 Å². The van der Waals surface area contributed by atoms with Gasteiger partial charge < -0.3 is 15.4 Å². The predicted octanol–water partition coefficient (Wildman–Crippen LogP) is 2.54. The van der Waals surface area contributed by atoms with Crippen molar-refractivity contribution in [2.75, 3.05) is 18.6 Å². The maximum atomic E-state index is 5.64. The Morgan fingerprint density at radius 3 is 2.50 bits per heavy atom. The van der Waals surface area contributed by atoms with Crippen molar-refractivity contribution in [3.8, 4) is 0 Å². The SMILES string of the molecule is COCCC(C)N(c1ccc(CN)cc1)C1CC1. The third kappa shape index (κ3) is 3.24. The zero-order valence-electron chi connectivity index (χ0n) is 11.4. The number of methoxy groups -OCH3 is 1. The molecule has 1 saturated carbocycles. The fourth-order valence-corrected chi connectivity index (χ4v) is 2.41. The maximum Gasteiger partial charge on any atom is 0.0481 e. The van der Waals surface area contributed by atoms with E-state index in [9.17, 15) is 0 Å². The molecule has 1 aliphatic rings. The van der Waals surface area contributed by atoms with Crippen LogP contribution in [0.2, 0.25) is 0 Å². The summed E-state index contributed by atoms with van der Waals surface area (Å²) >= 11 is 0. The summed E-state index contributed by atoms with van der Waals surface area (Å²) in [6.45, 7) is 3.72. The molecule has 0 radical (unpaired) electrons. The Labute approximate surface area is 110 Å². The summed E-state index contributed by atoms with van der Waals surface area (Å²) < 4.78 is 5.19. The normalized spacial score (nSPS) is 16.6. The van der Waals surface area contributed by atoms with E-state index in [4.69, 9.17) is 10.5 Å². The third-order valence-corrected chi connectivity index (χ3v) is 3.63. The Morgan fingerprint density at radius 1 is 1.33 bits per heavy atom. The van der Waals surface area contributed by atoms with Crippen molar-refractivity contribution in [1.29, 1.82) is 0 Å². The lowest BCUT2D eigenvalue weighted by molar-refractivity contribution is 0.188. The summed E-state index contributed by atoms with van der Waals surface area (Å²) in [6.07, 6.45) is 3.71. The number of rotatable bonds is 7. The molecule has 0 saturated heterocycles. The van der Waals surface area contributed by atoms with Gasteiger partial charge in [-0.05, 0) is 43.9 Å². The number of anilines is 1. The van der Waals surface area contributed by atoms with Crippen molar-refractivity contribution < 1.29 is 4.74 Å². The van der Waals surface area contributed by atoms with Gasteiger partial charge in [0, 0.05) is 38.0 Å². The minimum atomic E-state index is 0.529. The molecule has 2 rings (SSSR count). The third-order valence-electron chi connectivity index (χ3n) is 3.63. The first-order valence-electron chi connectivity index (χ1n) is 6.82. The van der Waals surface area contributed by atoms with Crippen LogP contribution in [0.15, 0.2) is 24.3 Å². The molecule has 18 heavy (non-hydrogen) atoms. The largest absolute Gasteiger partial charge is 0.385 e. The molecule has 1 aromatic carbocycles. The lowest BCUT2D eigenvalue weighted by Crippen LogP contribution is -2.35. The van der Waals surface area contributed by atoms with Crippen LogP contribution in [0.4, 0.5) is 5.69 Å². The number of benzene rings is 1. The van der Waals surface area contributed by atoms with Gasteiger partial charge >= 0.3 is 0 Å². The summed E-state index contributed by atoms with van der Waals surface area (Å²) in [5, 5.41) is 0. The van der Waals surface area contributed by atoms with Gasteiger partial charge in [0.15, 0.2) is 0 Å². The number of hydrogen-bond acceptors (Lipinski definition) is 3. The van der Waals surface area contributed by atoms with E-state index in [2.05, 4.69) is 36.1 Å². The molecule has 3 heteroatoms. The average Bonchev–Trinajstić information content (AvgIpc) is 3.22. The number of nitrogens with two attached hydrogens (primary N) is 1.